The first-order valence-electron chi connectivity index (χ1n) is 9.07. The second-order valence-corrected chi connectivity index (χ2v) is 7.36. The lowest BCUT2D eigenvalue weighted by molar-refractivity contribution is -0.126. The third-order valence-corrected chi connectivity index (χ3v) is 5.67. The molecule has 2 fully saturated rings. The van der Waals surface area contributed by atoms with E-state index < -0.39 is 5.60 Å². The molecule has 6 heteroatoms. The summed E-state index contributed by atoms with van der Waals surface area (Å²) in [7, 11) is 0. The number of benzene rings is 1. The fraction of sp³-hybridized carbons (Fsp3) is 0.450. The van der Waals surface area contributed by atoms with Crippen LogP contribution in [0.15, 0.2) is 47.1 Å². The SMILES string of the molecule is O=C(CN1[C@@H]2CC[C@@H]1CC(O)(c1ccc(F)cc1)C2)NCc1ccco1. The summed E-state index contributed by atoms with van der Waals surface area (Å²) in [5, 5.41) is 14.0. The van der Waals surface area contributed by atoms with Crippen molar-refractivity contribution in [3.8, 4) is 0 Å². The van der Waals surface area contributed by atoms with Crippen molar-refractivity contribution in [2.75, 3.05) is 6.54 Å². The van der Waals surface area contributed by atoms with E-state index in [1.807, 2.05) is 6.07 Å². The molecule has 3 heterocycles. The zero-order chi connectivity index (χ0) is 18.1. The minimum absolute atomic E-state index is 0.0366. The first kappa shape index (κ1) is 17.2. The van der Waals surface area contributed by atoms with Gasteiger partial charge in [0.1, 0.15) is 11.6 Å². The van der Waals surface area contributed by atoms with Gasteiger partial charge in [-0.1, -0.05) is 12.1 Å². The third kappa shape index (κ3) is 3.39. The van der Waals surface area contributed by atoms with Crippen molar-refractivity contribution in [3.05, 3.63) is 59.8 Å². The van der Waals surface area contributed by atoms with Crippen LogP contribution in [0.1, 0.15) is 37.0 Å². The predicted molar refractivity (Wildman–Crippen MR) is 93.6 cm³/mol. The highest BCUT2D eigenvalue weighted by atomic mass is 19.1. The molecular weight excluding hydrogens is 335 g/mol. The number of halogens is 1. The largest absolute Gasteiger partial charge is 0.467 e. The van der Waals surface area contributed by atoms with Crippen LogP contribution < -0.4 is 5.32 Å². The summed E-state index contributed by atoms with van der Waals surface area (Å²) in [5.41, 5.74) is -0.182. The van der Waals surface area contributed by atoms with E-state index in [2.05, 4.69) is 10.2 Å². The molecule has 0 aliphatic carbocycles. The minimum Gasteiger partial charge on any atom is -0.467 e. The first-order valence-corrected chi connectivity index (χ1v) is 9.07. The van der Waals surface area contributed by atoms with E-state index >= 15 is 0 Å². The van der Waals surface area contributed by atoms with E-state index in [4.69, 9.17) is 4.42 Å². The lowest BCUT2D eigenvalue weighted by atomic mass is 9.80. The molecule has 0 unspecified atom stereocenters. The van der Waals surface area contributed by atoms with Crippen LogP contribution in [0.2, 0.25) is 0 Å². The van der Waals surface area contributed by atoms with E-state index in [9.17, 15) is 14.3 Å². The molecule has 2 N–H and O–H groups in total. The number of fused-ring (bicyclic) bond motifs is 2. The van der Waals surface area contributed by atoms with Gasteiger partial charge in [-0.3, -0.25) is 9.69 Å². The number of carbonyl (C=O) groups excluding carboxylic acids is 1. The van der Waals surface area contributed by atoms with E-state index in [-0.39, 0.29) is 23.8 Å². The number of nitrogens with one attached hydrogen (secondary N) is 1. The average molecular weight is 358 g/mol. The molecule has 0 saturated carbocycles. The zero-order valence-corrected chi connectivity index (χ0v) is 14.5. The van der Waals surface area contributed by atoms with Crippen LogP contribution in [0.3, 0.4) is 0 Å². The van der Waals surface area contributed by atoms with Crippen LogP contribution in [0.4, 0.5) is 4.39 Å². The molecule has 1 amide bonds. The highest BCUT2D eigenvalue weighted by Crippen LogP contribution is 2.45. The van der Waals surface area contributed by atoms with Crippen LogP contribution >= 0.6 is 0 Å². The van der Waals surface area contributed by atoms with Crippen molar-refractivity contribution in [2.45, 2.75) is 49.9 Å². The number of furan rings is 1. The standard InChI is InChI=1S/C20H23FN2O3/c21-15-5-3-14(4-6-15)20(25)10-16-7-8-17(11-20)23(16)13-19(24)22-12-18-2-1-9-26-18/h1-6,9,16-17,25H,7-8,10-13H2,(H,22,24)/t16-,17-/m1/s1. The van der Waals surface area contributed by atoms with Crippen molar-refractivity contribution in [1.82, 2.24) is 10.2 Å². The molecule has 1 aromatic carbocycles. The summed E-state index contributed by atoms with van der Waals surface area (Å²) in [6, 6.07) is 10.1. The Kier molecular flexibility index (Phi) is 4.54. The number of piperidine rings is 1. The van der Waals surface area contributed by atoms with Crippen molar-refractivity contribution in [1.29, 1.82) is 0 Å². The van der Waals surface area contributed by atoms with Crippen LogP contribution in [0.5, 0.6) is 0 Å². The molecule has 138 valence electrons. The van der Waals surface area contributed by atoms with E-state index in [0.29, 0.717) is 25.9 Å². The summed E-state index contributed by atoms with van der Waals surface area (Å²) < 4.78 is 18.4. The highest BCUT2D eigenvalue weighted by Gasteiger charge is 2.48. The fourth-order valence-corrected chi connectivity index (χ4v) is 4.39. The highest BCUT2D eigenvalue weighted by molar-refractivity contribution is 5.78. The maximum atomic E-state index is 13.2. The van der Waals surface area contributed by atoms with Gasteiger partial charge in [0.25, 0.3) is 0 Å². The van der Waals surface area contributed by atoms with Crippen molar-refractivity contribution in [3.63, 3.8) is 0 Å². The Morgan fingerprint density at radius 2 is 1.92 bits per heavy atom. The van der Waals surface area contributed by atoms with Crippen molar-refractivity contribution >= 4 is 5.91 Å². The monoisotopic (exact) mass is 358 g/mol. The van der Waals surface area contributed by atoms with Gasteiger partial charge in [0.05, 0.1) is 25.0 Å². The number of hydrogen-bond acceptors (Lipinski definition) is 4. The van der Waals surface area contributed by atoms with E-state index in [1.165, 1.54) is 12.1 Å². The number of carbonyl (C=O) groups is 1. The van der Waals surface area contributed by atoms with Gasteiger partial charge < -0.3 is 14.8 Å². The van der Waals surface area contributed by atoms with Crippen molar-refractivity contribution in [2.24, 2.45) is 0 Å². The molecule has 2 aliphatic heterocycles. The Morgan fingerprint density at radius 3 is 2.54 bits per heavy atom. The van der Waals surface area contributed by atoms with Gasteiger partial charge in [0, 0.05) is 12.1 Å². The van der Waals surface area contributed by atoms with Crippen LogP contribution in [-0.2, 0) is 16.9 Å². The molecule has 0 radical (unpaired) electrons. The van der Waals surface area contributed by atoms with Crippen LogP contribution in [-0.4, -0.2) is 34.5 Å². The molecule has 4 rings (SSSR count). The quantitative estimate of drug-likeness (QED) is 0.862. The molecule has 0 spiro atoms. The molecule has 2 atom stereocenters. The van der Waals surface area contributed by atoms with E-state index in [0.717, 1.165) is 24.2 Å². The Morgan fingerprint density at radius 1 is 1.23 bits per heavy atom. The number of aliphatic hydroxyl groups is 1. The Labute approximate surface area is 151 Å². The number of amides is 1. The Bertz CT molecular complexity index is 746. The van der Waals surface area contributed by atoms with Gasteiger partial charge in [0.2, 0.25) is 5.91 Å². The lowest BCUT2D eigenvalue weighted by Crippen LogP contribution is -2.52. The predicted octanol–water partition coefficient (Wildman–Crippen LogP) is 2.55. The van der Waals surface area contributed by atoms with Gasteiger partial charge in [0.15, 0.2) is 0 Å². The zero-order valence-electron chi connectivity index (χ0n) is 14.5. The fourth-order valence-electron chi connectivity index (χ4n) is 4.39. The normalized spacial score (nSPS) is 28.2. The maximum Gasteiger partial charge on any atom is 0.234 e. The summed E-state index contributed by atoms with van der Waals surface area (Å²) in [6.45, 7) is 0.712. The van der Waals surface area contributed by atoms with Crippen LogP contribution in [0, 0.1) is 5.82 Å². The molecule has 1 aromatic heterocycles. The number of nitrogens with zero attached hydrogens (tertiary/aromatic N) is 1. The first-order chi connectivity index (χ1) is 12.5. The molecular formula is C20H23FN2O3. The minimum atomic E-state index is -0.944. The molecule has 2 aromatic rings. The molecule has 5 nitrogen and oxygen atoms in total. The maximum absolute atomic E-state index is 13.2. The summed E-state index contributed by atoms with van der Waals surface area (Å²) >= 11 is 0. The lowest BCUT2D eigenvalue weighted by Gasteiger charge is -2.43. The summed E-state index contributed by atoms with van der Waals surface area (Å²) in [6.07, 6.45) is 4.67. The van der Waals surface area contributed by atoms with Crippen molar-refractivity contribution < 1.29 is 18.7 Å². The third-order valence-electron chi connectivity index (χ3n) is 5.67. The second kappa shape index (κ2) is 6.85. The second-order valence-electron chi connectivity index (χ2n) is 7.36. The number of hydrogen-bond donors (Lipinski definition) is 2. The topological polar surface area (TPSA) is 65.7 Å². The Balaban J connectivity index is 1.39. The Hall–Kier alpha value is -2.18. The summed E-state index contributed by atoms with van der Waals surface area (Å²) in [4.78, 5) is 14.5. The molecule has 2 saturated heterocycles. The summed E-state index contributed by atoms with van der Waals surface area (Å²) in [5.74, 6) is 0.391. The van der Waals surface area contributed by atoms with Gasteiger partial charge in [-0.25, -0.2) is 4.39 Å². The van der Waals surface area contributed by atoms with Gasteiger partial charge in [-0.05, 0) is 55.5 Å². The molecule has 2 bridgehead atoms. The molecule has 2 aliphatic rings. The smallest absolute Gasteiger partial charge is 0.234 e. The number of rotatable bonds is 5. The average Bonchev–Trinajstić information content (AvgIpc) is 3.21. The van der Waals surface area contributed by atoms with Gasteiger partial charge >= 0.3 is 0 Å². The molecule has 26 heavy (non-hydrogen) atoms. The van der Waals surface area contributed by atoms with Gasteiger partial charge in [-0.2, -0.15) is 0 Å². The van der Waals surface area contributed by atoms with E-state index in [1.54, 1.807) is 24.5 Å². The van der Waals surface area contributed by atoms with Crippen LogP contribution in [0.25, 0.3) is 0 Å². The van der Waals surface area contributed by atoms with Gasteiger partial charge in [-0.15, -0.1) is 0 Å².